The summed E-state index contributed by atoms with van der Waals surface area (Å²) in [5, 5.41) is 6.74. The van der Waals surface area contributed by atoms with Crippen LogP contribution in [-0.4, -0.2) is 24.5 Å². The number of hydrogen-bond donors (Lipinski definition) is 2. The Bertz CT molecular complexity index is 232. The average molecular weight is 240 g/mol. The van der Waals surface area contributed by atoms with Gasteiger partial charge in [0.1, 0.15) is 0 Å². The average Bonchev–Trinajstić information content (AvgIpc) is 2.29. The van der Waals surface area contributed by atoms with Crippen LogP contribution >= 0.6 is 0 Å². The Balaban J connectivity index is 2.44. The minimum Gasteiger partial charge on any atom is -0.353 e. The van der Waals surface area contributed by atoms with Gasteiger partial charge in [0.15, 0.2) is 0 Å². The molecular weight excluding hydrogens is 212 g/mol. The smallest absolute Gasteiger partial charge is 0.222 e. The molecule has 2 N–H and O–H groups in total. The van der Waals surface area contributed by atoms with Gasteiger partial charge in [0.05, 0.1) is 0 Å². The van der Waals surface area contributed by atoms with Gasteiger partial charge < -0.3 is 10.6 Å². The zero-order valence-electron chi connectivity index (χ0n) is 11.8. The van der Waals surface area contributed by atoms with Crippen LogP contribution in [0.15, 0.2) is 0 Å². The van der Waals surface area contributed by atoms with Crippen LogP contribution in [0.4, 0.5) is 0 Å². The highest BCUT2D eigenvalue weighted by molar-refractivity contribution is 5.78. The second kappa shape index (κ2) is 7.00. The molecule has 1 saturated heterocycles. The van der Waals surface area contributed by atoms with Crippen molar-refractivity contribution in [3.63, 3.8) is 0 Å². The summed E-state index contributed by atoms with van der Waals surface area (Å²) < 4.78 is 0. The van der Waals surface area contributed by atoms with Crippen molar-refractivity contribution in [2.45, 2.75) is 65.5 Å². The summed E-state index contributed by atoms with van der Waals surface area (Å²) in [6.45, 7) is 9.41. The van der Waals surface area contributed by atoms with Crippen LogP contribution in [-0.2, 0) is 4.79 Å². The Morgan fingerprint density at radius 1 is 1.29 bits per heavy atom. The molecule has 0 aliphatic carbocycles. The van der Waals surface area contributed by atoms with Gasteiger partial charge in [-0.2, -0.15) is 0 Å². The second-order valence-electron chi connectivity index (χ2n) is 5.90. The van der Waals surface area contributed by atoms with Crippen LogP contribution < -0.4 is 10.6 Å². The monoisotopic (exact) mass is 240 g/mol. The number of carbonyl (C=O) groups is 1. The van der Waals surface area contributed by atoms with Crippen molar-refractivity contribution in [2.24, 2.45) is 11.8 Å². The largest absolute Gasteiger partial charge is 0.353 e. The third-order valence-corrected chi connectivity index (χ3v) is 3.61. The van der Waals surface area contributed by atoms with E-state index in [9.17, 15) is 4.79 Å². The van der Waals surface area contributed by atoms with Crippen molar-refractivity contribution >= 4 is 5.91 Å². The first-order chi connectivity index (χ1) is 8.00. The number of hydrogen-bond acceptors (Lipinski definition) is 2. The lowest BCUT2D eigenvalue weighted by Gasteiger charge is -2.30. The van der Waals surface area contributed by atoms with Gasteiger partial charge >= 0.3 is 0 Å². The fourth-order valence-corrected chi connectivity index (χ4v) is 2.28. The molecule has 0 saturated carbocycles. The number of carbonyl (C=O) groups excluding carboxylic acids is 1. The molecule has 0 aromatic carbocycles. The molecule has 0 radical (unpaired) electrons. The Hall–Kier alpha value is -0.570. The van der Waals surface area contributed by atoms with E-state index in [4.69, 9.17) is 0 Å². The van der Waals surface area contributed by atoms with Gasteiger partial charge in [-0.25, -0.2) is 0 Å². The van der Waals surface area contributed by atoms with E-state index in [0.29, 0.717) is 18.0 Å². The third kappa shape index (κ3) is 5.07. The fourth-order valence-electron chi connectivity index (χ4n) is 2.28. The van der Waals surface area contributed by atoms with E-state index in [1.165, 1.54) is 19.3 Å². The summed E-state index contributed by atoms with van der Waals surface area (Å²) in [5.41, 5.74) is 0. The molecule has 100 valence electrons. The molecule has 1 heterocycles. The summed E-state index contributed by atoms with van der Waals surface area (Å²) in [5.74, 6) is 0.761. The summed E-state index contributed by atoms with van der Waals surface area (Å²) in [6.07, 6.45) is 4.93. The summed E-state index contributed by atoms with van der Waals surface area (Å²) in [7, 11) is 0. The van der Waals surface area contributed by atoms with Crippen molar-refractivity contribution in [3.8, 4) is 0 Å². The molecule has 2 atom stereocenters. The second-order valence-corrected chi connectivity index (χ2v) is 5.90. The van der Waals surface area contributed by atoms with Gasteiger partial charge in [0, 0.05) is 18.0 Å². The third-order valence-electron chi connectivity index (χ3n) is 3.61. The highest BCUT2D eigenvalue weighted by Gasteiger charge is 2.23. The van der Waals surface area contributed by atoms with E-state index in [1.54, 1.807) is 0 Å². The molecule has 1 aliphatic heterocycles. The van der Waals surface area contributed by atoms with Crippen LogP contribution in [0.2, 0.25) is 0 Å². The van der Waals surface area contributed by atoms with E-state index in [1.807, 2.05) is 13.8 Å². The highest BCUT2D eigenvalue weighted by atomic mass is 16.1. The zero-order chi connectivity index (χ0) is 12.8. The zero-order valence-corrected chi connectivity index (χ0v) is 11.8. The summed E-state index contributed by atoms with van der Waals surface area (Å²) >= 11 is 0. The lowest BCUT2D eigenvalue weighted by Crippen LogP contribution is -2.46. The molecule has 0 bridgehead atoms. The maximum atomic E-state index is 11.8. The number of piperidine rings is 1. The maximum Gasteiger partial charge on any atom is 0.222 e. The minimum atomic E-state index is 0.0792. The molecule has 3 nitrogen and oxygen atoms in total. The first kappa shape index (κ1) is 14.5. The molecular formula is C14H28N2O. The first-order valence-electron chi connectivity index (χ1n) is 7.04. The molecule has 3 heteroatoms. The van der Waals surface area contributed by atoms with Crippen molar-refractivity contribution in [3.05, 3.63) is 0 Å². The lowest BCUT2D eigenvalue weighted by molar-refractivity contribution is -0.125. The van der Waals surface area contributed by atoms with E-state index in [-0.39, 0.29) is 11.8 Å². The predicted octanol–water partition coefficient (Wildman–Crippen LogP) is 2.32. The van der Waals surface area contributed by atoms with Gasteiger partial charge in [-0.05, 0) is 31.7 Å². The molecule has 0 aromatic heterocycles. The molecule has 17 heavy (non-hydrogen) atoms. The van der Waals surface area contributed by atoms with E-state index < -0.39 is 0 Å². The van der Waals surface area contributed by atoms with Gasteiger partial charge in [-0.1, -0.05) is 34.1 Å². The highest BCUT2D eigenvalue weighted by Crippen LogP contribution is 2.16. The van der Waals surface area contributed by atoms with Crippen LogP contribution in [0.3, 0.4) is 0 Å². The van der Waals surface area contributed by atoms with Crippen LogP contribution in [0.1, 0.15) is 53.4 Å². The van der Waals surface area contributed by atoms with Crippen LogP contribution in [0, 0.1) is 11.8 Å². The number of nitrogens with one attached hydrogen (secondary N) is 2. The summed E-state index contributed by atoms with van der Waals surface area (Å²) in [4.78, 5) is 11.8. The fraction of sp³-hybridized carbons (Fsp3) is 0.929. The minimum absolute atomic E-state index is 0.0792. The molecule has 1 rings (SSSR count). The Morgan fingerprint density at radius 2 is 2.00 bits per heavy atom. The molecule has 0 spiro atoms. The summed E-state index contributed by atoms with van der Waals surface area (Å²) in [6, 6.07) is 0.893. The van der Waals surface area contributed by atoms with Gasteiger partial charge in [0.25, 0.3) is 0 Å². The first-order valence-corrected chi connectivity index (χ1v) is 7.04. The molecule has 0 aromatic rings. The Morgan fingerprint density at radius 3 is 2.47 bits per heavy atom. The number of rotatable bonds is 5. The lowest BCUT2D eigenvalue weighted by atomic mass is 9.92. The van der Waals surface area contributed by atoms with Gasteiger partial charge in [-0.3, -0.25) is 4.79 Å². The predicted molar refractivity (Wildman–Crippen MR) is 71.9 cm³/mol. The van der Waals surface area contributed by atoms with Crippen LogP contribution in [0.25, 0.3) is 0 Å². The van der Waals surface area contributed by atoms with Gasteiger partial charge in [-0.15, -0.1) is 0 Å². The van der Waals surface area contributed by atoms with Crippen molar-refractivity contribution < 1.29 is 4.79 Å². The van der Waals surface area contributed by atoms with Gasteiger partial charge in [0.2, 0.25) is 5.91 Å². The number of amides is 1. The molecule has 1 fully saturated rings. The van der Waals surface area contributed by atoms with E-state index in [2.05, 4.69) is 24.5 Å². The molecule has 0 unspecified atom stereocenters. The maximum absolute atomic E-state index is 11.8. The molecule has 1 aliphatic rings. The van der Waals surface area contributed by atoms with Crippen molar-refractivity contribution in [2.75, 3.05) is 6.54 Å². The normalized spacial score (nSPS) is 22.8. The SMILES string of the molecule is CC(C)C(=O)N[C@@H](C[C@H]1CCCCN1)C(C)C. The Labute approximate surface area is 106 Å². The van der Waals surface area contributed by atoms with Crippen molar-refractivity contribution in [1.82, 2.24) is 10.6 Å². The topological polar surface area (TPSA) is 41.1 Å². The van der Waals surface area contributed by atoms with E-state index >= 15 is 0 Å². The Kier molecular flexibility index (Phi) is 5.96. The quantitative estimate of drug-likeness (QED) is 0.774. The van der Waals surface area contributed by atoms with E-state index in [0.717, 1.165) is 13.0 Å². The van der Waals surface area contributed by atoms with Crippen molar-refractivity contribution in [1.29, 1.82) is 0 Å². The standard InChI is InChI=1S/C14H28N2O/c1-10(2)13(16-14(17)11(3)4)9-12-7-5-6-8-15-12/h10-13,15H,5-9H2,1-4H3,(H,16,17)/t12-,13+/m1/s1. The van der Waals surface area contributed by atoms with Crippen LogP contribution in [0.5, 0.6) is 0 Å². The molecule has 1 amide bonds.